The lowest BCUT2D eigenvalue weighted by Gasteiger charge is -2.13. The number of aryl methyl sites for hydroxylation is 3. The number of hydrogen-bond donors (Lipinski definition) is 0. The Morgan fingerprint density at radius 1 is 1.03 bits per heavy atom. The highest BCUT2D eigenvalue weighted by Crippen LogP contribution is 2.22. The Morgan fingerprint density at radius 3 is 2.46 bits per heavy atom. The van der Waals surface area contributed by atoms with Gasteiger partial charge < -0.3 is 13.8 Å². The number of hydrogen-bond acceptors (Lipinski definition) is 7. The maximum Gasteiger partial charge on any atom is 0.306 e. The molecule has 2 aromatic carbocycles. The smallest absolute Gasteiger partial charge is 0.306 e. The van der Waals surface area contributed by atoms with Gasteiger partial charge in [-0.15, -0.1) is 0 Å². The van der Waals surface area contributed by atoms with Crippen LogP contribution in [0.4, 0.5) is 0 Å². The Bertz CT molecular complexity index is 1370. The lowest BCUT2D eigenvalue weighted by molar-refractivity contribution is -0.149. The molecule has 0 radical (unpaired) electrons. The number of benzene rings is 2. The molecule has 4 rings (SSSR count). The van der Waals surface area contributed by atoms with Crippen LogP contribution in [0.15, 0.2) is 63.9 Å². The van der Waals surface area contributed by atoms with Crippen LogP contribution in [-0.2, 0) is 34.3 Å². The van der Waals surface area contributed by atoms with Gasteiger partial charge in [-0.2, -0.15) is 4.98 Å². The molecule has 0 amide bonds. The third-order valence-electron chi connectivity index (χ3n) is 5.72. The molecule has 0 N–H and O–H groups in total. The fraction of sp³-hybridized carbons (Fsp3) is 0.370. The zero-order valence-electron chi connectivity index (χ0n) is 20.5. The molecule has 182 valence electrons. The van der Waals surface area contributed by atoms with Crippen molar-refractivity contribution in [3.8, 4) is 0 Å². The lowest BCUT2D eigenvalue weighted by atomic mass is 9.96. The van der Waals surface area contributed by atoms with E-state index in [4.69, 9.17) is 9.26 Å². The number of carbonyl (C=O) groups excluding carboxylic acids is 1. The van der Waals surface area contributed by atoms with Crippen LogP contribution in [0.1, 0.15) is 63.2 Å². The minimum Gasteiger partial charge on any atom is -0.453 e. The average molecular weight is 475 g/mol. The van der Waals surface area contributed by atoms with Gasteiger partial charge in [0.15, 0.2) is 11.9 Å². The Kier molecular flexibility index (Phi) is 7.10. The monoisotopic (exact) mass is 474 g/mol. The lowest BCUT2D eigenvalue weighted by Crippen LogP contribution is -2.27. The molecule has 2 heterocycles. The number of para-hydroxylation sites is 2. The quantitative estimate of drug-likeness (QED) is 0.345. The summed E-state index contributed by atoms with van der Waals surface area (Å²) in [6.45, 7) is 8.13. The SMILES string of the molecule is CC(OC(=O)CCc1nc2ccccc2n(CCc2ccccc2)c1=O)c1nc(C(C)(C)C)no1. The summed E-state index contributed by atoms with van der Waals surface area (Å²) in [6.07, 6.45) is 0.230. The molecule has 35 heavy (non-hydrogen) atoms. The molecule has 4 aromatic rings. The van der Waals surface area contributed by atoms with Gasteiger partial charge in [-0.05, 0) is 31.0 Å². The molecule has 8 nitrogen and oxygen atoms in total. The molecule has 0 aliphatic heterocycles. The van der Waals surface area contributed by atoms with E-state index in [9.17, 15) is 9.59 Å². The highest BCUT2D eigenvalue weighted by Gasteiger charge is 2.25. The molecule has 0 spiro atoms. The first-order valence-corrected chi connectivity index (χ1v) is 11.8. The first kappa shape index (κ1) is 24.3. The van der Waals surface area contributed by atoms with Crippen LogP contribution in [0, 0.1) is 0 Å². The number of fused-ring (bicyclic) bond motifs is 1. The maximum atomic E-state index is 13.3. The molecule has 1 atom stereocenters. The molecule has 1 unspecified atom stereocenters. The fourth-order valence-electron chi connectivity index (χ4n) is 3.75. The minimum atomic E-state index is -0.682. The van der Waals surface area contributed by atoms with Crippen LogP contribution in [-0.4, -0.2) is 25.7 Å². The van der Waals surface area contributed by atoms with E-state index >= 15 is 0 Å². The molecule has 0 aliphatic rings. The van der Waals surface area contributed by atoms with Gasteiger partial charge in [-0.1, -0.05) is 68.4 Å². The van der Waals surface area contributed by atoms with Crippen molar-refractivity contribution >= 4 is 17.0 Å². The predicted octanol–water partition coefficient (Wildman–Crippen LogP) is 4.56. The van der Waals surface area contributed by atoms with Crippen molar-refractivity contribution in [2.24, 2.45) is 0 Å². The normalized spacial score (nSPS) is 12.6. The summed E-state index contributed by atoms with van der Waals surface area (Å²) in [5.41, 5.74) is 2.53. The van der Waals surface area contributed by atoms with Gasteiger partial charge in [0.2, 0.25) is 0 Å². The summed E-state index contributed by atoms with van der Waals surface area (Å²) in [4.78, 5) is 34.7. The minimum absolute atomic E-state index is 0.0177. The number of aromatic nitrogens is 4. The van der Waals surface area contributed by atoms with Gasteiger partial charge in [0, 0.05) is 18.4 Å². The topological polar surface area (TPSA) is 100 Å². The van der Waals surface area contributed by atoms with E-state index in [0.717, 1.165) is 16.6 Å². The predicted molar refractivity (Wildman–Crippen MR) is 132 cm³/mol. The molecule has 0 saturated heterocycles. The highest BCUT2D eigenvalue weighted by atomic mass is 16.6. The number of carbonyl (C=O) groups is 1. The summed E-state index contributed by atoms with van der Waals surface area (Å²) < 4.78 is 12.5. The molecule has 0 fully saturated rings. The first-order chi connectivity index (χ1) is 16.7. The van der Waals surface area contributed by atoms with E-state index in [0.29, 0.717) is 24.5 Å². The van der Waals surface area contributed by atoms with Gasteiger partial charge >= 0.3 is 5.97 Å². The summed E-state index contributed by atoms with van der Waals surface area (Å²) in [5.74, 6) is 0.334. The van der Waals surface area contributed by atoms with Crippen LogP contribution in [0.2, 0.25) is 0 Å². The second kappa shape index (κ2) is 10.2. The Balaban J connectivity index is 1.47. The molecule has 2 aromatic heterocycles. The summed E-state index contributed by atoms with van der Waals surface area (Å²) in [5, 5.41) is 3.97. The molecular weight excluding hydrogens is 444 g/mol. The zero-order valence-corrected chi connectivity index (χ0v) is 20.5. The van der Waals surface area contributed by atoms with Crippen LogP contribution >= 0.6 is 0 Å². The second-order valence-corrected chi connectivity index (χ2v) is 9.58. The van der Waals surface area contributed by atoms with Crippen LogP contribution in [0.25, 0.3) is 11.0 Å². The van der Waals surface area contributed by atoms with E-state index in [1.165, 1.54) is 0 Å². The molecule has 0 bridgehead atoms. The summed E-state index contributed by atoms with van der Waals surface area (Å²) in [7, 11) is 0. The van der Waals surface area contributed by atoms with Gasteiger partial charge in [-0.25, -0.2) is 4.98 Å². The van der Waals surface area contributed by atoms with E-state index in [-0.39, 0.29) is 29.7 Å². The third kappa shape index (κ3) is 5.82. The summed E-state index contributed by atoms with van der Waals surface area (Å²) in [6, 6.07) is 17.6. The van der Waals surface area contributed by atoms with Gasteiger partial charge in [0.1, 0.15) is 5.69 Å². The van der Waals surface area contributed by atoms with Crippen molar-refractivity contribution in [2.75, 3.05) is 0 Å². The highest BCUT2D eigenvalue weighted by molar-refractivity contribution is 5.75. The Morgan fingerprint density at radius 2 is 1.74 bits per heavy atom. The molecule has 0 aliphatic carbocycles. The van der Waals surface area contributed by atoms with E-state index in [2.05, 4.69) is 15.1 Å². The van der Waals surface area contributed by atoms with Crippen LogP contribution in [0.3, 0.4) is 0 Å². The van der Waals surface area contributed by atoms with Crippen molar-refractivity contribution in [3.63, 3.8) is 0 Å². The fourth-order valence-corrected chi connectivity index (χ4v) is 3.75. The van der Waals surface area contributed by atoms with Crippen molar-refractivity contribution in [3.05, 3.63) is 87.9 Å². The van der Waals surface area contributed by atoms with E-state index < -0.39 is 12.1 Å². The number of rotatable bonds is 8. The first-order valence-electron chi connectivity index (χ1n) is 11.8. The average Bonchev–Trinajstić information content (AvgIpc) is 3.34. The summed E-state index contributed by atoms with van der Waals surface area (Å²) >= 11 is 0. The molecule has 0 saturated carbocycles. The van der Waals surface area contributed by atoms with E-state index in [1.54, 1.807) is 11.5 Å². The molecular formula is C27H30N4O4. The number of ether oxygens (including phenoxy) is 1. The van der Waals surface area contributed by atoms with Gasteiger partial charge in [-0.3, -0.25) is 9.59 Å². The van der Waals surface area contributed by atoms with Crippen molar-refractivity contribution in [1.29, 1.82) is 0 Å². The van der Waals surface area contributed by atoms with Crippen molar-refractivity contribution in [1.82, 2.24) is 19.7 Å². The van der Waals surface area contributed by atoms with E-state index in [1.807, 2.05) is 75.4 Å². The Labute approximate surface area is 204 Å². The maximum absolute atomic E-state index is 13.3. The number of nitrogens with zero attached hydrogens (tertiary/aromatic N) is 4. The largest absolute Gasteiger partial charge is 0.453 e. The van der Waals surface area contributed by atoms with Crippen molar-refractivity contribution in [2.45, 2.75) is 65.0 Å². The standard InChI is InChI=1S/C27H30N4O4/c1-18(24-29-26(30-35-24)27(2,3)4)34-23(32)15-14-21-25(33)31(17-16-19-10-6-5-7-11-19)22-13-9-8-12-20(22)28-21/h5-13,18H,14-17H2,1-4H3. The van der Waals surface area contributed by atoms with Gasteiger partial charge in [0.25, 0.3) is 11.4 Å². The molecule has 8 heteroatoms. The van der Waals surface area contributed by atoms with Crippen LogP contribution < -0.4 is 5.56 Å². The number of esters is 1. The van der Waals surface area contributed by atoms with Gasteiger partial charge in [0.05, 0.1) is 17.5 Å². The second-order valence-electron chi connectivity index (χ2n) is 9.58. The zero-order chi connectivity index (χ0) is 25.0. The third-order valence-corrected chi connectivity index (χ3v) is 5.72. The van der Waals surface area contributed by atoms with Crippen LogP contribution in [0.5, 0.6) is 0 Å². The Hall–Kier alpha value is -3.81. The van der Waals surface area contributed by atoms with Crippen molar-refractivity contribution < 1.29 is 14.1 Å².